The van der Waals surface area contributed by atoms with Gasteiger partial charge in [0.15, 0.2) is 5.11 Å². The number of nitrogens with zero attached hydrogens (tertiary/aromatic N) is 6. The molecule has 1 N–H and O–H groups in total. The van der Waals surface area contributed by atoms with Crippen LogP contribution in [0.2, 0.25) is 0 Å². The first-order valence-corrected chi connectivity index (χ1v) is 10.9. The Balaban J connectivity index is 1.59. The Hall–Kier alpha value is -4.03. The number of thiocarbonyl (C=S) groups is 1. The van der Waals surface area contributed by atoms with Crippen LogP contribution in [-0.4, -0.2) is 38.5 Å². The number of amides is 1. The molecule has 3 heterocycles. The van der Waals surface area contributed by atoms with Gasteiger partial charge in [0.1, 0.15) is 11.8 Å². The molecule has 0 bridgehead atoms. The van der Waals surface area contributed by atoms with Gasteiger partial charge in [-0.25, -0.2) is 9.78 Å². The van der Waals surface area contributed by atoms with Crippen molar-refractivity contribution >= 4 is 34.7 Å². The number of aryl methyl sites for hydroxylation is 1. The van der Waals surface area contributed by atoms with Crippen LogP contribution >= 0.6 is 12.2 Å². The summed E-state index contributed by atoms with van der Waals surface area (Å²) in [5.41, 5.74) is 5.50. The van der Waals surface area contributed by atoms with E-state index in [0.717, 1.165) is 33.8 Å². The second-order valence-electron chi connectivity index (χ2n) is 7.68. The second-order valence-corrected chi connectivity index (χ2v) is 8.05. The van der Waals surface area contributed by atoms with Gasteiger partial charge in [-0.2, -0.15) is 15.0 Å². The third-order valence-corrected chi connectivity index (χ3v) is 5.96. The first-order chi connectivity index (χ1) is 15.8. The highest BCUT2D eigenvalue weighted by atomic mass is 32.1. The highest BCUT2D eigenvalue weighted by Crippen LogP contribution is 2.35. The van der Waals surface area contributed by atoms with Crippen LogP contribution < -0.4 is 15.1 Å². The molecule has 166 valence electrons. The lowest BCUT2D eigenvalue weighted by atomic mass is 10.1. The lowest BCUT2D eigenvalue weighted by molar-refractivity contribution is 0.240. The Morgan fingerprint density at radius 3 is 2.61 bits per heavy atom. The molecule has 0 saturated carbocycles. The van der Waals surface area contributed by atoms with E-state index in [2.05, 4.69) is 28.0 Å². The van der Waals surface area contributed by atoms with Crippen LogP contribution in [0, 0.1) is 18.3 Å². The van der Waals surface area contributed by atoms with Crippen molar-refractivity contribution < 1.29 is 4.79 Å². The van der Waals surface area contributed by atoms with Gasteiger partial charge in [-0.05, 0) is 62.3 Å². The van der Waals surface area contributed by atoms with Crippen molar-refractivity contribution in [2.75, 3.05) is 16.3 Å². The molecule has 1 saturated heterocycles. The Morgan fingerprint density at radius 1 is 1.24 bits per heavy atom. The number of hydrogen-bond donors (Lipinski definition) is 1. The molecular formula is C24H23N7OS. The van der Waals surface area contributed by atoms with Gasteiger partial charge in [-0.1, -0.05) is 18.7 Å². The quantitative estimate of drug-likeness (QED) is 0.587. The van der Waals surface area contributed by atoms with Gasteiger partial charge in [-0.15, -0.1) is 0 Å². The van der Waals surface area contributed by atoms with Gasteiger partial charge in [-0.3, -0.25) is 4.90 Å². The van der Waals surface area contributed by atoms with Crippen molar-refractivity contribution in [3.05, 3.63) is 72.5 Å². The Kier molecular flexibility index (Phi) is 5.94. The Morgan fingerprint density at radius 2 is 1.97 bits per heavy atom. The monoisotopic (exact) mass is 457 g/mol. The molecule has 8 nitrogen and oxygen atoms in total. The van der Waals surface area contributed by atoms with Gasteiger partial charge in [0.05, 0.1) is 24.1 Å². The molecule has 33 heavy (non-hydrogen) atoms. The van der Waals surface area contributed by atoms with Crippen LogP contribution in [0.4, 0.5) is 16.2 Å². The maximum atomic E-state index is 12.0. The minimum atomic E-state index is -0.261. The van der Waals surface area contributed by atoms with Crippen LogP contribution in [0.25, 0.3) is 11.1 Å². The zero-order valence-corrected chi connectivity index (χ0v) is 19.4. The van der Waals surface area contributed by atoms with E-state index in [-0.39, 0.29) is 12.1 Å². The molecule has 1 aliphatic heterocycles. The van der Waals surface area contributed by atoms with Crippen molar-refractivity contribution in [2.24, 2.45) is 0 Å². The molecule has 1 aromatic carbocycles. The van der Waals surface area contributed by atoms with Crippen LogP contribution in [0.3, 0.4) is 0 Å². The molecule has 1 amide bonds. The number of benzene rings is 1. The highest BCUT2D eigenvalue weighted by molar-refractivity contribution is 7.80. The molecule has 1 aliphatic rings. The van der Waals surface area contributed by atoms with E-state index in [9.17, 15) is 4.79 Å². The third-order valence-electron chi connectivity index (χ3n) is 5.58. The van der Waals surface area contributed by atoms with E-state index in [1.54, 1.807) is 18.6 Å². The summed E-state index contributed by atoms with van der Waals surface area (Å²) in [6, 6.07) is 11.6. The van der Waals surface area contributed by atoms with Gasteiger partial charge < -0.3 is 10.2 Å². The van der Waals surface area contributed by atoms with E-state index in [1.165, 1.54) is 4.68 Å². The number of carbonyl (C=O) groups excluding carboxylic acids is 1. The van der Waals surface area contributed by atoms with Crippen molar-refractivity contribution in [3.63, 3.8) is 0 Å². The van der Waals surface area contributed by atoms with E-state index in [4.69, 9.17) is 17.5 Å². The van der Waals surface area contributed by atoms with Crippen LogP contribution in [0.15, 0.2) is 61.2 Å². The average molecular weight is 458 g/mol. The molecule has 0 spiro atoms. The molecule has 3 aromatic rings. The average Bonchev–Trinajstić information content (AvgIpc) is 3.38. The van der Waals surface area contributed by atoms with E-state index >= 15 is 0 Å². The van der Waals surface area contributed by atoms with Crippen LogP contribution in [0.5, 0.6) is 0 Å². The van der Waals surface area contributed by atoms with Crippen LogP contribution in [-0.2, 0) is 0 Å². The normalized spacial score (nSPS) is 15.6. The number of hydrogen-bond acceptors (Lipinski definition) is 5. The number of carbonyl (C=O) groups is 1. The second kappa shape index (κ2) is 8.84. The number of nitriles is 1. The number of rotatable bonds is 4. The predicted molar refractivity (Wildman–Crippen MR) is 132 cm³/mol. The zero-order chi connectivity index (χ0) is 23.7. The van der Waals surface area contributed by atoms with Gasteiger partial charge >= 0.3 is 6.03 Å². The van der Waals surface area contributed by atoms with Gasteiger partial charge in [0, 0.05) is 29.7 Å². The molecule has 1 unspecified atom stereocenters. The highest BCUT2D eigenvalue weighted by Gasteiger charge is 2.37. The van der Waals surface area contributed by atoms with Gasteiger partial charge in [0.2, 0.25) is 0 Å². The number of pyridine rings is 1. The predicted octanol–water partition coefficient (Wildman–Crippen LogP) is 4.22. The first kappa shape index (κ1) is 22.2. The topological polar surface area (TPSA) is 90.1 Å². The minimum Gasteiger partial charge on any atom is -0.336 e. The maximum Gasteiger partial charge on any atom is 0.342 e. The fraction of sp³-hybridized carbons (Fsp3) is 0.208. The smallest absolute Gasteiger partial charge is 0.336 e. The lowest BCUT2D eigenvalue weighted by Crippen LogP contribution is -2.33. The summed E-state index contributed by atoms with van der Waals surface area (Å²) in [4.78, 5) is 20.1. The minimum absolute atomic E-state index is 0.0558. The van der Waals surface area contributed by atoms with Crippen molar-refractivity contribution in [3.8, 4) is 17.2 Å². The zero-order valence-electron chi connectivity index (χ0n) is 18.6. The molecule has 9 heteroatoms. The fourth-order valence-corrected chi connectivity index (χ4v) is 4.26. The van der Waals surface area contributed by atoms with Crippen molar-refractivity contribution in [1.29, 1.82) is 5.26 Å². The van der Waals surface area contributed by atoms with E-state index in [0.29, 0.717) is 17.4 Å². The summed E-state index contributed by atoms with van der Waals surface area (Å²) in [6.45, 7) is 10.5. The standard InChI is InChI=1S/C24H23N7OS/c1-5-26-23(32)29-14-19(12-28-29)18-6-8-20(9-7-18)30-16(3)17(4)31(24(30)33)21-10-15(2)22(11-25)27-13-21/h6-10,12-14,16H,4-5H2,1-3H3,(H,26,32). The number of nitrogens with one attached hydrogen (secondary N) is 1. The molecule has 1 atom stereocenters. The van der Waals surface area contributed by atoms with Gasteiger partial charge in [0.25, 0.3) is 0 Å². The summed E-state index contributed by atoms with van der Waals surface area (Å²) in [6.07, 6.45) is 5.01. The SMILES string of the molecule is C=C1C(C)N(c2ccc(-c3cnn(C(=O)NCC)c3)cc2)C(=S)N1c1cnc(C#N)c(C)c1. The summed E-state index contributed by atoms with van der Waals surface area (Å²) in [5, 5.41) is 16.6. The first-order valence-electron chi connectivity index (χ1n) is 10.5. The molecule has 0 radical (unpaired) electrons. The summed E-state index contributed by atoms with van der Waals surface area (Å²) >= 11 is 5.81. The number of anilines is 2. The number of aromatic nitrogens is 3. The van der Waals surface area contributed by atoms with Crippen molar-refractivity contribution in [2.45, 2.75) is 26.8 Å². The molecular weight excluding hydrogens is 434 g/mol. The van der Waals surface area contributed by atoms with Crippen molar-refractivity contribution in [1.82, 2.24) is 20.1 Å². The van der Waals surface area contributed by atoms with E-state index < -0.39 is 0 Å². The maximum absolute atomic E-state index is 12.0. The Labute approximate surface area is 197 Å². The molecule has 0 aliphatic carbocycles. The lowest BCUT2D eigenvalue weighted by Gasteiger charge is -2.23. The largest absolute Gasteiger partial charge is 0.342 e. The van der Waals surface area contributed by atoms with Crippen LogP contribution in [0.1, 0.15) is 25.1 Å². The summed E-state index contributed by atoms with van der Waals surface area (Å²) < 4.78 is 1.29. The van der Waals surface area contributed by atoms with E-state index in [1.807, 2.05) is 60.9 Å². The Bertz CT molecular complexity index is 1290. The third kappa shape index (κ3) is 3.97. The molecule has 2 aromatic heterocycles. The summed E-state index contributed by atoms with van der Waals surface area (Å²) in [7, 11) is 0. The summed E-state index contributed by atoms with van der Waals surface area (Å²) in [5.74, 6) is 0. The molecule has 1 fully saturated rings. The fourth-order valence-electron chi connectivity index (χ4n) is 3.77. The molecule has 4 rings (SSSR count).